The minimum Gasteiger partial charge on any atom is -0.459 e. The summed E-state index contributed by atoms with van der Waals surface area (Å²) in [5, 5.41) is 5.90. The number of anilines is 1. The molecule has 0 aliphatic heterocycles. The van der Waals surface area contributed by atoms with E-state index in [0.717, 1.165) is 0 Å². The van der Waals surface area contributed by atoms with Crippen LogP contribution in [0.4, 0.5) is 5.69 Å². The highest BCUT2D eigenvalue weighted by molar-refractivity contribution is 6.33. The Morgan fingerprint density at radius 2 is 1.95 bits per heavy atom. The van der Waals surface area contributed by atoms with Gasteiger partial charge in [0.15, 0.2) is 5.76 Å². The van der Waals surface area contributed by atoms with Crippen molar-refractivity contribution in [2.45, 2.75) is 12.8 Å². The molecule has 2 rings (SSSR count). The molecular weight excluding hydrogens is 292 g/mol. The largest absolute Gasteiger partial charge is 0.459 e. The van der Waals surface area contributed by atoms with Crippen LogP contribution in [-0.4, -0.2) is 18.4 Å². The van der Waals surface area contributed by atoms with E-state index in [9.17, 15) is 9.59 Å². The summed E-state index contributed by atoms with van der Waals surface area (Å²) in [6.07, 6.45) is 2.26. The van der Waals surface area contributed by atoms with E-state index >= 15 is 0 Å². The van der Waals surface area contributed by atoms with Crippen LogP contribution in [0.25, 0.3) is 0 Å². The Balaban J connectivity index is 1.68. The van der Waals surface area contributed by atoms with E-state index in [1.807, 2.05) is 0 Å². The summed E-state index contributed by atoms with van der Waals surface area (Å²) in [6, 6.07) is 10.3. The fourth-order valence-corrected chi connectivity index (χ4v) is 1.90. The molecular formula is C15H15ClN2O3. The summed E-state index contributed by atoms with van der Waals surface area (Å²) in [5.74, 6) is -0.169. The van der Waals surface area contributed by atoms with Crippen LogP contribution in [0.1, 0.15) is 23.4 Å². The number of carbonyl (C=O) groups is 2. The molecule has 0 fully saturated rings. The highest BCUT2D eigenvalue weighted by Crippen LogP contribution is 2.20. The minimum atomic E-state index is -0.286. The highest BCUT2D eigenvalue weighted by atomic mass is 35.5. The van der Waals surface area contributed by atoms with Gasteiger partial charge < -0.3 is 15.1 Å². The van der Waals surface area contributed by atoms with Crippen LogP contribution in [0.5, 0.6) is 0 Å². The normalized spacial score (nSPS) is 10.1. The fraction of sp³-hybridized carbons (Fsp3) is 0.200. The van der Waals surface area contributed by atoms with Crippen molar-refractivity contribution in [1.82, 2.24) is 5.32 Å². The zero-order valence-electron chi connectivity index (χ0n) is 11.3. The summed E-state index contributed by atoms with van der Waals surface area (Å²) >= 11 is 5.95. The van der Waals surface area contributed by atoms with Crippen molar-refractivity contribution in [2.75, 3.05) is 11.9 Å². The van der Waals surface area contributed by atoms with Crippen molar-refractivity contribution >= 4 is 29.1 Å². The first-order chi connectivity index (χ1) is 10.2. The molecule has 2 amide bonds. The molecule has 2 aromatic rings. The van der Waals surface area contributed by atoms with E-state index in [0.29, 0.717) is 30.1 Å². The number of amides is 2. The number of carbonyl (C=O) groups excluding carboxylic acids is 2. The summed E-state index contributed by atoms with van der Waals surface area (Å²) in [4.78, 5) is 23.3. The molecule has 2 N–H and O–H groups in total. The second-order valence-electron chi connectivity index (χ2n) is 4.36. The highest BCUT2D eigenvalue weighted by Gasteiger charge is 2.08. The van der Waals surface area contributed by atoms with Crippen molar-refractivity contribution < 1.29 is 14.0 Å². The predicted molar refractivity (Wildman–Crippen MR) is 80.4 cm³/mol. The van der Waals surface area contributed by atoms with Crippen LogP contribution in [0.3, 0.4) is 0 Å². The Hall–Kier alpha value is -2.27. The molecule has 0 bridgehead atoms. The Kier molecular flexibility index (Phi) is 5.40. The van der Waals surface area contributed by atoms with E-state index in [4.69, 9.17) is 16.0 Å². The maximum atomic E-state index is 11.7. The van der Waals surface area contributed by atoms with Crippen molar-refractivity contribution in [3.05, 3.63) is 53.4 Å². The van der Waals surface area contributed by atoms with E-state index in [1.165, 1.54) is 6.26 Å². The smallest absolute Gasteiger partial charge is 0.286 e. The Bertz CT molecular complexity index is 611. The van der Waals surface area contributed by atoms with E-state index in [1.54, 1.807) is 36.4 Å². The third kappa shape index (κ3) is 4.65. The molecule has 110 valence electrons. The third-order valence-electron chi connectivity index (χ3n) is 2.76. The second-order valence-corrected chi connectivity index (χ2v) is 4.77. The fourth-order valence-electron chi connectivity index (χ4n) is 1.72. The molecule has 0 spiro atoms. The molecule has 21 heavy (non-hydrogen) atoms. The van der Waals surface area contributed by atoms with Crippen molar-refractivity contribution in [3.8, 4) is 0 Å². The lowest BCUT2D eigenvalue weighted by atomic mass is 10.2. The lowest BCUT2D eigenvalue weighted by Crippen LogP contribution is -2.25. The Labute approximate surface area is 127 Å². The predicted octanol–water partition coefficient (Wildman–Crippen LogP) is 3.08. The number of hydrogen-bond acceptors (Lipinski definition) is 3. The molecule has 0 radical (unpaired) electrons. The first-order valence-corrected chi connectivity index (χ1v) is 6.90. The molecule has 0 saturated carbocycles. The van der Waals surface area contributed by atoms with E-state index < -0.39 is 0 Å². The molecule has 1 heterocycles. The molecule has 1 aromatic carbocycles. The van der Waals surface area contributed by atoms with Gasteiger partial charge in [-0.2, -0.15) is 0 Å². The maximum Gasteiger partial charge on any atom is 0.286 e. The monoisotopic (exact) mass is 306 g/mol. The van der Waals surface area contributed by atoms with Gasteiger partial charge >= 0.3 is 0 Å². The number of benzene rings is 1. The van der Waals surface area contributed by atoms with Crippen LogP contribution < -0.4 is 10.6 Å². The topological polar surface area (TPSA) is 71.3 Å². The zero-order chi connectivity index (χ0) is 15.1. The van der Waals surface area contributed by atoms with Gasteiger partial charge in [-0.1, -0.05) is 23.7 Å². The molecule has 0 aliphatic carbocycles. The SMILES string of the molecule is O=C(CCCNC(=O)c1ccco1)Nc1ccccc1Cl. The third-order valence-corrected chi connectivity index (χ3v) is 3.09. The zero-order valence-corrected chi connectivity index (χ0v) is 12.0. The average molecular weight is 307 g/mol. The Morgan fingerprint density at radius 1 is 1.14 bits per heavy atom. The van der Waals surface area contributed by atoms with Crippen molar-refractivity contribution in [1.29, 1.82) is 0 Å². The van der Waals surface area contributed by atoms with Crippen LogP contribution in [0.2, 0.25) is 5.02 Å². The van der Waals surface area contributed by atoms with Gasteiger partial charge in [0.2, 0.25) is 5.91 Å². The summed E-state index contributed by atoms with van der Waals surface area (Å²) < 4.78 is 4.96. The first kappa shape index (κ1) is 15.1. The van der Waals surface area contributed by atoms with E-state index in [-0.39, 0.29) is 17.6 Å². The summed E-state index contributed by atoms with van der Waals surface area (Å²) in [7, 11) is 0. The van der Waals surface area contributed by atoms with Crippen molar-refractivity contribution in [3.63, 3.8) is 0 Å². The maximum absolute atomic E-state index is 11.7. The standard InChI is InChI=1S/C15H15ClN2O3/c16-11-5-1-2-6-12(11)18-14(19)8-3-9-17-15(20)13-7-4-10-21-13/h1-2,4-7,10H,3,8-9H2,(H,17,20)(H,18,19). The number of nitrogens with one attached hydrogen (secondary N) is 2. The second kappa shape index (κ2) is 7.50. The number of furan rings is 1. The van der Waals surface area contributed by atoms with Gasteiger partial charge in [-0.05, 0) is 30.7 Å². The molecule has 1 aromatic heterocycles. The molecule has 0 aliphatic rings. The van der Waals surface area contributed by atoms with Gasteiger partial charge in [0.1, 0.15) is 0 Å². The summed E-state index contributed by atoms with van der Waals surface area (Å²) in [5.41, 5.74) is 0.587. The van der Waals surface area contributed by atoms with Gasteiger partial charge in [0.05, 0.1) is 17.0 Å². The lowest BCUT2D eigenvalue weighted by Gasteiger charge is -2.07. The molecule has 6 heteroatoms. The molecule has 0 unspecified atom stereocenters. The van der Waals surface area contributed by atoms with Crippen molar-refractivity contribution in [2.24, 2.45) is 0 Å². The van der Waals surface area contributed by atoms with E-state index in [2.05, 4.69) is 10.6 Å². The average Bonchev–Trinajstić information content (AvgIpc) is 3.00. The molecule has 5 nitrogen and oxygen atoms in total. The number of rotatable bonds is 6. The minimum absolute atomic E-state index is 0.143. The first-order valence-electron chi connectivity index (χ1n) is 6.53. The van der Waals surface area contributed by atoms with Crippen LogP contribution >= 0.6 is 11.6 Å². The van der Waals surface area contributed by atoms with Gasteiger partial charge in [-0.15, -0.1) is 0 Å². The van der Waals surface area contributed by atoms with Gasteiger partial charge in [-0.3, -0.25) is 9.59 Å². The van der Waals surface area contributed by atoms with Gasteiger partial charge in [0.25, 0.3) is 5.91 Å². The summed E-state index contributed by atoms with van der Waals surface area (Å²) in [6.45, 7) is 0.398. The van der Waals surface area contributed by atoms with Gasteiger partial charge in [-0.25, -0.2) is 0 Å². The number of halogens is 1. The Morgan fingerprint density at radius 3 is 2.67 bits per heavy atom. The number of hydrogen-bond donors (Lipinski definition) is 2. The van der Waals surface area contributed by atoms with Gasteiger partial charge in [0, 0.05) is 13.0 Å². The number of para-hydroxylation sites is 1. The van der Waals surface area contributed by atoms with Crippen LogP contribution in [-0.2, 0) is 4.79 Å². The molecule has 0 atom stereocenters. The van der Waals surface area contributed by atoms with Crippen LogP contribution in [0, 0.1) is 0 Å². The lowest BCUT2D eigenvalue weighted by molar-refractivity contribution is -0.116. The quantitative estimate of drug-likeness (QED) is 0.806. The molecule has 0 saturated heterocycles. The van der Waals surface area contributed by atoms with Crippen LogP contribution in [0.15, 0.2) is 47.1 Å².